The summed E-state index contributed by atoms with van der Waals surface area (Å²) in [5.74, 6) is 0.762. The van der Waals surface area contributed by atoms with Crippen molar-refractivity contribution in [3.05, 3.63) is 54.0 Å². The van der Waals surface area contributed by atoms with Crippen LogP contribution in [0.15, 0.2) is 47.1 Å². The molecule has 1 fully saturated rings. The number of aryl methyl sites for hydroxylation is 1. The molecule has 0 radical (unpaired) electrons. The molecule has 6 heteroatoms. The SMILES string of the molecule is Cc1ccc(OCC(=O)N2CCC(NC(=O)c3ccco3)CC2)cc1. The molecule has 1 N–H and O–H groups in total. The van der Waals surface area contributed by atoms with Gasteiger partial charge in [-0.2, -0.15) is 0 Å². The summed E-state index contributed by atoms with van der Waals surface area (Å²) in [6.45, 7) is 3.26. The van der Waals surface area contributed by atoms with Gasteiger partial charge in [0.1, 0.15) is 5.75 Å². The van der Waals surface area contributed by atoms with Crippen LogP contribution in [0.2, 0.25) is 0 Å². The monoisotopic (exact) mass is 342 g/mol. The Hall–Kier alpha value is -2.76. The van der Waals surface area contributed by atoms with E-state index in [1.165, 1.54) is 6.26 Å². The fraction of sp³-hybridized carbons (Fsp3) is 0.368. The fourth-order valence-corrected chi connectivity index (χ4v) is 2.81. The maximum absolute atomic E-state index is 12.3. The molecule has 1 aliphatic rings. The van der Waals surface area contributed by atoms with E-state index in [0.717, 1.165) is 18.4 Å². The van der Waals surface area contributed by atoms with E-state index < -0.39 is 0 Å². The van der Waals surface area contributed by atoms with E-state index in [9.17, 15) is 9.59 Å². The topological polar surface area (TPSA) is 71.8 Å². The summed E-state index contributed by atoms with van der Waals surface area (Å²) in [6, 6.07) is 11.0. The first-order chi connectivity index (χ1) is 12.1. The minimum absolute atomic E-state index is 0.0311. The van der Waals surface area contributed by atoms with Gasteiger partial charge < -0.3 is 19.4 Å². The molecule has 6 nitrogen and oxygen atoms in total. The molecule has 25 heavy (non-hydrogen) atoms. The number of rotatable bonds is 5. The zero-order valence-corrected chi connectivity index (χ0v) is 14.2. The van der Waals surface area contributed by atoms with Gasteiger partial charge in [0.25, 0.3) is 11.8 Å². The number of carbonyl (C=O) groups excluding carboxylic acids is 2. The summed E-state index contributed by atoms with van der Waals surface area (Å²) >= 11 is 0. The Balaban J connectivity index is 1.41. The first-order valence-electron chi connectivity index (χ1n) is 8.43. The molecule has 1 saturated heterocycles. The lowest BCUT2D eigenvalue weighted by molar-refractivity contribution is -0.134. The number of nitrogens with one attached hydrogen (secondary N) is 1. The van der Waals surface area contributed by atoms with Crippen LogP contribution in [0.5, 0.6) is 5.75 Å². The van der Waals surface area contributed by atoms with Gasteiger partial charge in [0.2, 0.25) is 0 Å². The lowest BCUT2D eigenvalue weighted by Gasteiger charge is -2.32. The Bertz CT molecular complexity index is 702. The highest BCUT2D eigenvalue weighted by Gasteiger charge is 2.24. The van der Waals surface area contributed by atoms with E-state index in [1.807, 2.05) is 31.2 Å². The Kier molecular flexibility index (Phi) is 5.38. The van der Waals surface area contributed by atoms with Gasteiger partial charge in [-0.05, 0) is 44.0 Å². The molecular weight excluding hydrogens is 320 g/mol. The van der Waals surface area contributed by atoms with Crippen LogP contribution >= 0.6 is 0 Å². The lowest BCUT2D eigenvalue weighted by Crippen LogP contribution is -2.47. The van der Waals surface area contributed by atoms with Gasteiger partial charge >= 0.3 is 0 Å². The number of likely N-dealkylation sites (tertiary alicyclic amines) is 1. The highest BCUT2D eigenvalue weighted by molar-refractivity contribution is 5.91. The van der Waals surface area contributed by atoms with E-state index in [1.54, 1.807) is 17.0 Å². The Morgan fingerprint density at radius 1 is 1.20 bits per heavy atom. The predicted molar refractivity (Wildman–Crippen MR) is 92.5 cm³/mol. The molecule has 3 rings (SSSR count). The summed E-state index contributed by atoms with van der Waals surface area (Å²) in [6.07, 6.45) is 2.93. The second-order valence-electron chi connectivity index (χ2n) is 6.21. The summed E-state index contributed by atoms with van der Waals surface area (Å²) in [7, 11) is 0. The number of nitrogens with zero attached hydrogens (tertiary/aromatic N) is 1. The molecule has 2 aromatic rings. The van der Waals surface area contributed by atoms with Crippen molar-refractivity contribution in [1.29, 1.82) is 0 Å². The molecule has 0 bridgehead atoms. The van der Waals surface area contributed by atoms with Crippen LogP contribution in [-0.4, -0.2) is 42.5 Å². The van der Waals surface area contributed by atoms with Crippen molar-refractivity contribution >= 4 is 11.8 Å². The van der Waals surface area contributed by atoms with Crippen LogP contribution in [-0.2, 0) is 4.79 Å². The molecule has 2 amide bonds. The minimum Gasteiger partial charge on any atom is -0.484 e. The molecular formula is C19H22N2O4. The largest absolute Gasteiger partial charge is 0.484 e. The van der Waals surface area contributed by atoms with Crippen LogP contribution in [0.1, 0.15) is 29.0 Å². The second-order valence-corrected chi connectivity index (χ2v) is 6.21. The summed E-state index contributed by atoms with van der Waals surface area (Å²) < 4.78 is 10.6. The first kappa shape index (κ1) is 17.1. The molecule has 1 aliphatic heterocycles. The van der Waals surface area contributed by atoms with Gasteiger partial charge in [-0.1, -0.05) is 17.7 Å². The molecule has 132 valence electrons. The number of hydrogen-bond donors (Lipinski definition) is 1. The van der Waals surface area contributed by atoms with Gasteiger partial charge in [0, 0.05) is 19.1 Å². The van der Waals surface area contributed by atoms with E-state index >= 15 is 0 Å². The number of hydrogen-bond acceptors (Lipinski definition) is 4. The Morgan fingerprint density at radius 3 is 2.56 bits per heavy atom. The van der Waals surface area contributed by atoms with Crippen molar-refractivity contribution in [2.75, 3.05) is 19.7 Å². The molecule has 0 atom stereocenters. The third-order valence-electron chi connectivity index (χ3n) is 4.31. The number of ether oxygens (including phenoxy) is 1. The second kappa shape index (κ2) is 7.88. The molecule has 0 unspecified atom stereocenters. The van der Waals surface area contributed by atoms with Crippen molar-refractivity contribution in [1.82, 2.24) is 10.2 Å². The Labute approximate surface area is 146 Å². The highest BCUT2D eigenvalue weighted by atomic mass is 16.5. The van der Waals surface area contributed by atoms with E-state index in [-0.39, 0.29) is 24.5 Å². The smallest absolute Gasteiger partial charge is 0.287 e. The summed E-state index contributed by atoms with van der Waals surface area (Å²) in [5, 5.41) is 2.94. The zero-order chi connectivity index (χ0) is 17.6. The van der Waals surface area contributed by atoms with Crippen molar-refractivity contribution in [3.8, 4) is 5.75 Å². The maximum atomic E-state index is 12.3. The molecule has 1 aromatic carbocycles. The number of benzene rings is 1. The standard InChI is InChI=1S/C19H22N2O4/c1-14-4-6-16(7-5-14)25-13-18(22)21-10-8-15(9-11-21)20-19(23)17-3-2-12-24-17/h2-7,12,15H,8-11,13H2,1H3,(H,20,23). The minimum atomic E-state index is -0.211. The maximum Gasteiger partial charge on any atom is 0.287 e. The lowest BCUT2D eigenvalue weighted by atomic mass is 10.0. The normalized spacial score (nSPS) is 15.0. The summed E-state index contributed by atoms with van der Waals surface area (Å²) in [5.41, 5.74) is 1.15. The first-order valence-corrected chi connectivity index (χ1v) is 8.43. The van der Waals surface area contributed by atoms with Crippen LogP contribution in [0.3, 0.4) is 0 Å². The molecule has 1 aromatic heterocycles. The van der Waals surface area contributed by atoms with Gasteiger partial charge in [-0.3, -0.25) is 9.59 Å². The quantitative estimate of drug-likeness (QED) is 0.906. The Morgan fingerprint density at radius 2 is 1.92 bits per heavy atom. The molecule has 0 spiro atoms. The van der Waals surface area contributed by atoms with Crippen LogP contribution in [0.25, 0.3) is 0 Å². The predicted octanol–water partition coefficient (Wildman–Crippen LogP) is 2.39. The average Bonchev–Trinajstić information content (AvgIpc) is 3.16. The van der Waals surface area contributed by atoms with Gasteiger partial charge in [0.15, 0.2) is 12.4 Å². The number of furan rings is 1. The van der Waals surface area contributed by atoms with Crippen molar-refractivity contribution < 1.29 is 18.7 Å². The molecule has 0 aliphatic carbocycles. The molecule has 2 heterocycles. The van der Waals surface area contributed by atoms with Crippen LogP contribution in [0.4, 0.5) is 0 Å². The molecule has 0 saturated carbocycles. The third-order valence-corrected chi connectivity index (χ3v) is 4.31. The van der Waals surface area contributed by atoms with Crippen molar-refractivity contribution in [2.24, 2.45) is 0 Å². The summed E-state index contributed by atoms with van der Waals surface area (Å²) in [4.78, 5) is 26.0. The van der Waals surface area contributed by atoms with E-state index in [4.69, 9.17) is 9.15 Å². The van der Waals surface area contributed by atoms with Crippen LogP contribution < -0.4 is 10.1 Å². The van der Waals surface area contributed by atoms with Gasteiger partial charge in [0.05, 0.1) is 6.26 Å². The number of piperidine rings is 1. The van der Waals surface area contributed by atoms with Crippen molar-refractivity contribution in [3.63, 3.8) is 0 Å². The van der Waals surface area contributed by atoms with Crippen LogP contribution in [0, 0.1) is 6.92 Å². The van der Waals surface area contributed by atoms with Gasteiger partial charge in [-0.25, -0.2) is 0 Å². The highest BCUT2D eigenvalue weighted by Crippen LogP contribution is 2.14. The third kappa shape index (κ3) is 4.62. The van der Waals surface area contributed by atoms with Crippen molar-refractivity contribution in [2.45, 2.75) is 25.8 Å². The number of amides is 2. The number of carbonyl (C=O) groups is 2. The average molecular weight is 342 g/mol. The van der Waals surface area contributed by atoms with E-state index in [0.29, 0.717) is 24.6 Å². The fourth-order valence-electron chi connectivity index (χ4n) is 2.81. The zero-order valence-electron chi connectivity index (χ0n) is 14.2. The van der Waals surface area contributed by atoms with E-state index in [2.05, 4.69) is 5.32 Å². The van der Waals surface area contributed by atoms with Gasteiger partial charge in [-0.15, -0.1) is 0 Å².